The summed E-state index contributed by atoms with van der Waals surface area (Å²) >= 11 is 0. The molecule has 0 N–H and O–H groups in total. The van der Waals surface area contributed by atoms with Gasteiger partial charge in [-0.3, -0.25) is 14.8 Å². The largest absolute Gasteiger partial charge is 0.292 e. The standard InChI is InChI=1S/C14H9N5O/c15-7-10(12-3-1-2-4-17-12)14(20)11-8-18-19-6-5-16-9-13(11)19/h1-6,8-10H. The van der Waals surface area contributed by atoms with Crippen molar-refractivity contribution in [2.75, 3.05) is 0 Å². The van der Waals surface area contributed by atoms with Crippen molar-refractivity contribution < 1.29 is 4.79 Å². The van der Waals surface area contributed by atoms with Crippen LogP contribution in [0.4, 0.5) is 0 Å². The van der Waals surface area contributed by atoms with Gasteiger partial charge in [0.2, 0.25) is 0 Å². The third-order valence-corrected chi connectivity index (χ3v) is 2.97. The quantitative estimate of drug-likeness (QED) is 0.670. The highest BCUT2D eigenvalue weighted by Gasteiger charge is 2.25. The Morgan fingerprint density at radius 1 is 1.30 bits per heavy atom. The zero-order valence-electron chi connectivity index (χ0n) is 10.3. The molecule has 3 aromatic heterocycles. The second kappa shape index (κ2) is 4.90. The molecule has 0 aliphatic carbocycles. The van der Waals surface area contributed by atoms with Crippen LogP contribution in [0.15, 0.2) is 49.2 Å². The Bertz CT molecular complexity index is 803. The minimum absolute atomic E-state index is 0.325. The molecule has 0 radical (unpaired) electrons. The van der Waals surface area contributed by atoms with Crippen LogP contribution >= 0.6 is 0 Å². The van der Waals surface area contributed by atoms with Crippen molar-refractivity contribution in [3.8, 4) is 6.07 Å². The summed E-state index contributed by atoms with van der Waals surface area (Å²) in [6, 6.07) is 7.15. The molecule has 3 rings (SSSR count). The van der Waals surface area contributed by atoms with E-state index < -0.39 is 5.92 Å². The summed E-state index contributed by atoms with van der Waals surface area (Å²) < 4.78 is 1.55. The molecule has 0 bridgehead atoms. The van der Waals surface area contributed by atoms with Crippen molar-refractivity contribution in [1.82, 2.24) is 19.6 Å². The lowest BCUT2D eigenvalue weighted by molar-refractivity contribution is 0.0979. The Morgan fingerprint density at radius 3 is 2.95 bits per heavy atom. The maximum Gasteiger partial charge on any atom is 0.189 e. The van der Waals surface area contributed by atoms with Gasteiger partial charge in [0, 0.05) is 18.6 Å². The van der Waals surface area contributed by atoms with Gasteiger partial charge in [0.05, 0.1) is 35.2 Å². The lowest BCUT2D eigenvalue weighted by Gasteiger charge is -2.06. The Morgan fingerprint density at radius 2 is 2.20 bits per heavy atom. The number of nitrogens with zero attached hydrogens (tertiary/aromatic N) is 5. The van der Waals surface area contributed by atoms with Crippen LogP contribution in [-0.4, -0.2) is 25.4 Å². The summed E-state index contributed by atoms with van der Waals surface area (Å²) in [6.07, 6.45) is 7.79. The Kier molecular flexibility index (Phi) is 2.94. The van der Waals surface area contributed by atoms with Crippen molar-refractivity contribution in [2.24, 2.45) is 0 Å². The molecule has 3 aromatic rings. The van der Waals surface area contributed by atoms with E-state index in [-0.39, 0.29) is 5.78 Å². The molecular formula is C14H9N5O. The van der Waals surface area contributed by atoms with Gasteiger partial charge in [-0.1, -0.05) is 6.07 Å². The SMILES string of the molecule is N#CC(C(=O)c1cnn2ccncc12)c1ccccn1. The third-order valence-electron chi connectivity index (χ3n) is 2.97. The first-order valence-electron chi connectivity index (χ1n) is 5.93. The maximum atomic E-state index is 12.5. The van der Waals surface area contributed by atoms with Crippen LogP contribution in [0.3, 0.4) is 0 Å². The topological polar surface area (TPSA) is 83.9 Å². The number of ketones is 1. The number of carbonyl (C=O) groups excluding carboxylic acids is 1. The fraction of sp³-hybridized carbons (Fsp3) is 0.0714. The van der Waals surface area contributed by atoms with Gasteiger partial charge in [0.15, 0.2) is 11.7 Å². The van der Waals surface area contributed by atoms with E-state index in [0.717, 1.165) is 0 Å². The first-order chi connectivity index (χ1) is 9.81. The molecule has 0 saturated heterocycles. The normalized spacial score (nSPS) is 11.9. The monoisotopic (exact) mass is 263 g/mol. The summed E-state index contributed by atoms with van der Waals surface area (Å²) in [5, 5.41) is 13.3. The summed E-state index contributed by atoms with van der Waals surface area (Å²) in [4.78, 5) is 20.6. The second-order valence-corrected chi connectivity index (χ2v) is 4.15. The van der Waals surface area contributed by atoms with Gasteiger partial charge in [0.1, 0.15) is 0 Å². The number of Topliss-reactive ketones (excluding diaryl/α,β-unsaturated/α-hetero) is 1. The number of hydrogen-bond acceptors (Lipinski definition) is 5. The molecule has 0 fully saturated rings. The van der Waals surface area contributed by atoms with Gasteiger partial charge in [-0.15, -0.1) is 0 Å². The van der Waals surface area contributed by atoms with Gasteiger partial charge in [-0.2, -0.15) is 10.4 Å². The van der Waals surface area contributed by atoms with Crippen LogP contribution in [0, 0.1) is 11.3 Å². The van der Waals surface area contributed by atoms with Crippen LogP contribution in [0.2, 0.25) is 0 Å². The van der Waals surface area contributed by atoms with E-state index in [1.165, 1.54) is 6.20 Å². The van der Waals surface area contributed by atoms with E-state index in [2.05, 4.69) is 15.1 Å². The van der Waals surface area contributed by atoms with E-state index in [1.807, 2.05) is 6.07 Å². The number of hydrogen-bond donors (Lipinski definition) is 0. The molecule has 0 aliphatic rings. The third kappa shape index (κ3) is 1.91. The van der Waals surface area contributed by atoms with Crippen molar-refractivity contribution in [2.45, 2.75) is 5.92 Å². The van der Waals surface area contributed by atoms with Crippen LogP contribution < -0.4 is 0 Å². The van der Waals surface area contributed by atoms with E-state index in [4.69, 9.17) is 0 Å². The summed E-state index contributed by atoms with van der Waals surface area (Å²) in [6.45, 7) is 0. The summed E-state index contributed by atoms with van der Waals surface area (Å²) in [5.41, 5.74) is 1.38. The predicted octanol–water partition coefficient (Wildman–Crippen LogP) is 1.61. The molecule has 0 spiro atoms. The molecule has 0 aliphatic heterocycles. The van der Waals surface area contributed by atoms with Gasteiger partial charge in [-0.25, -0.2) is 4.52 Å². The smallest absolute Gasteiger partial charge is 0.189 e. The van der Waals surface area contributed by atoms with Crippen molar-refractivity contribution >= 4 is 11.3 Å². The van der Waals surface area contributed by atoms with Crippen LogP contribution in [0.25, 0.3) is 5.52 Å². The Balaban J connectivity index is 2.06. The lowest BCUT2D eigenvalue weighted by Crippen LogP contribution is -2.12. The van der Waals surface area contributed by atoms with E-state index >= 15 is 0 Å². The highest BCUT2D eigenvalue weighted by molar-refractivity contribution is 6.07. The highest BCUT2D eigenvalue weighted by Crippen LogP contribution is 2.21. The number of fused-ring (bicyclic) bond motifs is 1. The van der Waals surface area contributed by atoms with Crippen LogP contribution in [-0.2, 0) is 0 Å². The van der Waals surface area contributed by atoms with E-state index in [9.17, 15) is 10.1 Å². The zero-order chi connectivity index (χ0) is 13.9. The predicted molar refractivity (Wildman–Crippen MR) is 69.9 cm³/mol. The van der Waals surface area contributed by atoms with Crippen LogP contribution in [0.1, 0.15) is 22.0 Å². The minimum Gasteiger partial charge on any atom is -0.292 e. The maximum absolute atomic E-state index is 12.5. The van der Waals surface area contributed by atoms with E-state index in [0.29, 0.717) is 16.8 Å². The number of rotatable bonds is 3. The lowest BCUT2D eigenvalue weighted by atomic mass is 9.96. The molecule has 3 heterocycles. The van der Waals surface area contributed by atoms with Crippen molar-refractivity contribution in [3.05, 3.63) is 60.4 Å². The van der Waals surface area contributed by atoms with E-state index in [1.54, 1.807) is 47.5 Å². The highest BCUT2D eigenvalue weighted by atomic mass is 16.1. The first-order valence-corrected chi connectivity index (χ1v) is 5.93. The average molecular weight is 263 g/mol. The van der Waals surface area contributed by atoms with Gasteiger partial charge in [0.25, 0.3) is 0 Å². The number of carbonyl (C=O) groups is 1. The fourth-order valence-electron chi connectivity index (χ4n) is 1.99. The minimum atomic E-state index is -0.940. The summed E-state index contributed by atoms with van der Waals surface area (Å²) in [5.74, 6) is -1.27. The molecule has 0 amide bonds. The summed E-state index contributed by atoms with van der Waals surface area (Å²) in [7, 11) is 0. The molecule has 1 unspecified atom stereocenters. The Hall–Kier alpha value is -3.07. The number of pyridine rings is 1. The second-order valence-electron chi connectivity index (χ2n) is 4.15. The molecule has 0 aromatic carbocycles. The number of aromatic nitrogens is 4. The van der Waals surface area contributed by atoms with Gasteiger partial charge < -0.3 is 0 Å². The molecular weight excluding hydrogens is 254 g/mol. The van der Waals surface area contributed by atoms with Gasteiger partial charge >= 0.3 is 0 Å². The molecule has 6 nitrogen and oxygen atoms in total. The van der Waals surface area contributed by atoms with Crippen molar-refractivity contribution in [3.63, 3.8) is 0 Å². The average Bonchev–Trinajstić information content (AvgIpc) is 2.93. The van der Waals surface area contributed by atoms with Gasteiger partial charge in [-0.05, 0) is 12.1 Å². The fourth-order valence-corrected chi connectivity index (χ4v) is 1.99. The van der Waals surface area contributed by atoms with Crippen LogP contribution in [0.5, 0.6) is 0 Å². The molecule has 1 atom stereocenters. The van der Waals surface area contributed by atoms with Crippen molar-refractivity contribution in [1.29, 1.82) is 5.26 Å². The molecule has 0 saturated carbocycles. The molecule has 20 heavy (non-hydrogen) atoms. The zero-order valence-corrected chi connectivity index (χ0v) is 10.3. The Labute approximate surface area is 114 Å². The first kappa shape index (κ1) is 12.0. The molecule has 96 valence electrons. The molecule has 6 heteroatoms. The number of nitriles is 1.